The maximum atomic E-state index is 13.3. The van der Waals surface area contributed by atoms with Crippen molar-refractivity contribution >= 4 is 34.1 Å². The number of nitrogens with one attached hydrogen (secondary N) is 2. The largest absolute Gasteiger partial charge is 0.366 e. The molecule has 8 heteroatoms. The number of hydrogen-bond donors (Lipinski definition) is 2. The number of fused-ring (bicyclic) bond motifs is 1. The van der Waals surface area contributed by atoms with Gasteiger partial charge in [-0.1, -0.05) is 41.9 Å². The summed E-state index contributed by atoms with van der Waals surface area (Å²) >= 11 is 6.33. The Morgan fingerprint density at radius 1 is 1.21 bits per heavy atom. The minimum Gasteiger partial charge on any atom is -0.366 e. The van der Waals surface area contributed by atoms with E-state index in [9.17, 15) is 9.59 Å². The SMILES string of the molecule is COC(CNC(=O)[C@@H]1CCCN(c2c(-c3ccccc3)c3cc(Cl)ccc3[nH]c2=O)C1)OC. The summed E-state index contributed by atoms with van der Waals surface area (Å²) in [6.45, 7) is 1.41. The maximum Gasteiger partial charge on any atom is 0.272 e. The molecule has 4 rings (SSSR count). The summed E-state index contributed by atoms with van der Waals surface area (Å²) in [4.78, 5) is 31.2. The fourth-order valence-electron chi connectivity index (χ4n) is 4.44. The highest BCUT2D eigenvalue weighted by Crippen LogP contribution is 2.37. The number of carbonyl (C=O) groups excluding carboxylic acids is 1. The van der Waals surface area contributed by atoms with E-state index in [2.05, 4.69) is 10.3 Å². The van der Waals surface area contributed by atoms with Gasteiger partial charge in [0.25, 0.3) is 5.56 Å². The van der Waals surface area contributed by atoms with Gasteiger partial charge in [0, 0.05) is 48.8 Å². The maximum absolute atomic E-state index is 13.3. The Kier molecular flexibility index (Phi) is 7.33. The van der Waals surface area contributed by atoms with Gasteiger partial charge in [0.05, 0.1) is 12.5 Å². The van der Waals surface area contributed by atoms with Crippen molar-refractivity contribution in [2.75, 3.05) is 38.8 Å². The van der Waals surface area contributed by atoms with Gasteiger partial charge >= 0.3 is 0 Å². The molecule has 1 saturated heterocycles. The number of halogens is 1. The lowest BCUT2D eigenvalue weighted by Gasteiger charge is -2.34. The molecule has 1 aromatic heterocycles. The lowest BCUT2D eigenvalue weighted by atomic mass is 9.94. The molecule has 7 nitrogen and oxygen atoms in total. The predicted octanol–water partition coefficient (Wildman–Crippen LogP) is 3.80. The van der Waals surface area contributed by atoms with Crippen molar-refractivity contribution in [3.8, 4) is 11.1 Å². The van der Waals surface area contributed by atoms with E-state index in [1.165, 1.54) is 14.2 Å². The van der Waals surface area contributed by atoms with Crippen molar-refractivity contribution in [1.29, 1.82) is 0 Å². The van der Waals surface area contributed by atoms with Gasteiger partial charge in [-0.2, -0.15) is 0 Å². The highest BCUT2D eigenvalue weighted by Gasteiger charge is 2.29. The molecule has 0 aliphatic carbocycles. The Balaban J connectivity index is 1.71. The number of amides is 1. The lowest BCUT2D eigenvalue weighted by Crippen LogP contribution is -2.46. The summed E-state index contributed by atoms with van der Waals surface area (Å²) in [5.41, 5.74) is 2.88. The number of rotatable bonds is 7. The topological polar surface area (TPSA) is 83.7 Å². The second-order valence-electron chi connectivity index (χ2n) is 8.16. The quantitative estimate of drug-likeness (QED) is 0.514. The number of aromatic amines is 1. The van der Waals surface area contributed by atoms with Crippen LogP contribution in [0.5, 0.6) is 0 Å². The molecule has 0 spiro atoms. The van der Waals surface area contributed by atoms with Crippen LogP contribution in [0.15, 0.2) is 53.3 Å². The second-order valence-corrected chi connectivity index (χ2v) is 8.60. The number of hydrogen-bond acceptors (Lipinski definition) is 5. The molecule has 1 atom stereocenters. The van der Waals surface area contributed by atoms with Crippen LogP contribution in [-0.4, -0.2) is 51.0 Å². The van der Waals surface area contributed by atoms with E-state index >= 15 is 0 Å². The average Bonchev–Trinajstić information content (AvgIpc) is 2.84. The second kappa shape index (κ2) is 10.4. The van der Waals surface area contributed by atoms with Crippen LogP contribution in [0.25, 0.3) is 22.0 Å². The van der Waals surface area contributed by atoms with Crippen molar-refractivity contribution in [3.05, 3.63) is 63.9 Å². The molecule has 0 unspecified atom stereocenters. The molecule has 2 aromatic carbocycles. The van der Waals surface area contributed by atoms with Gasteiger partial charge in [0.1, 0.15) is 5.69 Å². The van der Waals surface area contributed by atoms with Gasteiger partial charge in [0.15, 0.2) is 6.29 Å². The average molecular weight is 470 g/mol. The summed E-state index contributed by atoms with van der Waals surface area (Å²) in [5, 5.41) is 4.38. The smallest absolute Gasteiger partial charge is 0.272 e. The molecule has 33 heavy (non-hydrogen) atoms. The normalized spacial score (nSPS) is 16.4. The summed E-state index contributed by atoms with van der Waals surface area (Å²) in [6, 6.07) is 15.3. The molecule has 1 aliphatic heterocycles. The first-order chi connectivity index (χ1) is 16.0. The zero-order chi connectivity index (χ0) is 23.4. The molecule has 2 N–H and O–H groups in total. The molecule has 1 fully saturated rings. The van der Waals surface area contributed by atoms with E-state index in [0.717, 1.165) is 34.9 Å². The zero-order valence-corrected chi connectivity index (χ0v) is 19.5. The standard InChI is InChI=1S/C25H28ClN3O4/c1-32-21(33-2)14-27-24(30)17-9-6-12-29(15-17)23-22(16-7-4-3-5-8-16)19-13-18(26)10-11-20(19)28-25(23)31/h3-5,7-8,10-11,13,17,21H,6,9,12,14-15H2,1-2H3,(H,27,30)(H,28,31)/t17-/m1/s1. The van der Waals surface area contributed by atoms with Crippen LogP contribution >= 0.6 is 11.6 Å². The number of piperidine rings is 1. The monoisotopic (exact) mass is 469 g/mol. The number of nitrogens with zero attached hydrogens (tertiary/aromatic N) is 1. The van der Waals surface area contributed by atoms with Gasteiger partial charge in [0.2, 0.25) is 5.91 Å². The summed E-state index contributed by atoms with van der Waals surface area (Å²) in [7, 11) is 3.07. The molecule has 3 aromatic rings. The third-order valence-electron chi connectivity index (χ3n) is 6.09. The predicted molar refractivity (Wildman–Crippen MR) is 131 cm³/mol. The molecule has 2 heterocycles. The Bertz CT molecular complexity index is 1180. The molecule has 1 amide bonds. The Morgan fingerprint density at radius 2 is 1.97 bits per heavy atom. The molecule has 1 aliphatic rings. The molecular weight excluding hydrogens is 442 g/mol. The number of benzene rings is 2. The molecular formula is C25H28ClN3O4. The third kappa shape index (κ3) is 5.05. The number of aromatic nitrogens is 1. The van der Waals surface area contributed by atoms with Crippen LogP contribution in [0.3, 0.4) is 0 Å². The van der Waals surface area contributed by atoms with E-state index in [-0.39, 0.29) is 23.9 Å². The number of H-pyrrole nitrogens is 1. The highest BCUT2D eigenvalue weighted by atomic mass is 35.5. The fraction of sp³-hybridized carbons (Fsp3) is 0.360. The highest BCUT2D eigenvalue weighted by molar-refractivity contribution is 6.31. The van der Waals surface area contributed by atoms with E-state index in [4.69, 9.17) is 21.1 Å². The fourth-order valence-corrected chi connectivity index (χ4v) is 4.61. The van der Waals surface area contributed by atoms with E-state index in [0.29, 0.717) is 23.8 Å². The van der Waals surface area contributed by atoms with Gasteiger partial charge in [-0.25, -0.2) is 0 Å². The summed E-state index contributed by atoms with van der Waals surface area (Å²) in [6.07, 6.45) is 1.06. The van der Waals surface area contributed by atoms with Crippen LogP contribution in [-0.2, 0) is 14.3 Å². The van der Waals surface area contributed by atoms with E-state index in [1.54, 1.807) is 6.07 Å². The third-order valence-corrected chi connectivity index (χ3v) is 6.33. The van der Waals surface area contributed by atoms with Crippen LogP contribution in [0, 0.1) is 5.92 Å². The van der Waals surface area contributed by atoms with Gasteiger partial charge < -0.3 is 24.7 Å². The first-order valence-electron chi connectivity index (χ1n) is 11.0. The van der Waals surface area contributed by atoms with Crippen LogP contribution in [0.4, 0.5) is 5.69 Å². The Morgan fingerprint density at radius 3 is 2.70 bits per heavy atom. The Hall–Kier alpha value is -2.87. The minimum absolute atomic E-state index is 0.0691. The van der Waals surface area contributed by atoms with Crippen molar-refractivity contribution in [2.45, 2.75) is 19.1 Å². The van der Waals surface area contributed by atoms with Gasteiger partial charge in [-0.3, -0.25) is 9.59 Å². The number of methoxy groups -OCH3 is 2. The van der Waals surface area contributed by atoms with Crippen molar-refractivity contribution in [1.82, 2.24) is 10.3 Å². The lowest BCUT2D eigenvalue weighted by molar-refractivity contribution is -0.131. The van der Waals surface area contributed by atoms with Crippen LogP contribution < -0.4 is 15.8 Å². The number of pyridine rings is 1. The molecule has 0 radical (unpaired) electrons. The number of carbonyl (C=O) groups is 1. The first kappa shape index (κ1) is 23.3. The minimum atomic E-state index is -0.494. The summed E-state index contributed by atoms with van der Waals surface area (Å²) in [5.74, 6) is -0.313. The zero-order valence-electron chi connectivity index (χ0n) is 18.8. The van der Waals surface area contributed by atoms with Crippen molar-refractivity contribution < 1.29 is 14.3 Å². The summed E-state index contributed by atoms with van der Waals surface area (Å²) < 4.78 is 10.3. The number of anilines is 1. The van der Waals surface area contributed by atoms with Crippen molar-refractivity contribution in [3.63, 3.8) is 0 Å². The van der Waals surface area contributed by atoms with Gasteiger partial charge in [-0.15, -0.1) is 0 Å². The van der Waals surface area contributed by atoms with E-state index in [1.807, 2.05) is 47.4 Å². The van der Waals surface area contributed by atoms with Gasteiger partial charge in [-0.05, 0) is 36.6 Å². The molecule has 174 valence electrons. The Labute approximate surface area is 197 Å². The number of ether oxygens (including phenoxy) is 2. The van der Waals surface area contributed by atoms with Crippen molar-refractivity contribution in [2.24, 2.45) is 5.92 Å². The van der Waals surface area contributed by atoms with Crippen LogP contribution in [0.2, 0.25) is 5.02 Å². The van der Waals surface area contributed by atoms with Crippen LogP contribution in [0.1, 0.15) is 12.8 Å². The van der Waals surface area contributed by atoms with E-state index < -0.39 is 6.29 Å². The first-order valence-corrected chi connectivity index (χ1v) is 11.4. The molecule has 0 saturated carbocycles. The molecule has 0 bridgehead atoms.